The van der Waals surface area contributed by atoms with Gasteiger partial charge in [-0.3, -0.25) is 0 Å². The van der Waals surface area contributed by atoms with E-state index in [0.717, 1.165) is 31.0 Å². The second-order valence-electron chi connectivity index (χ2n) is 7.85. The monoisotopic (exact) mass is 339 g/mol. The summed E-state index contributed by atoms with van der Waals surface area (Å²) < 4.78 is 5.73. The van der Waals surface area contributed by atoms with E-state index in [1.54, 1.807) is 0 Å². The molecule has 0 aliphatic rings. The van der Waals surface area contributed by atoms with Gasteiger partial charge in [0.2, 0.25) is 0 Å². The molecule has 0 saturated carbocycles. The number of benzene rings is 2. The Kier molecular flexibility index (Phi) is 7.36. The molecule has 0 bridgehead atoms. The lowest BCUT2D eigenvalue weighted by Gasteiger charge is -2.15. The van der Waals surface area contributed by atoms with Crippen molar-refractivity contribution in [2.24, 2.45) is 11.8 Å². The van der Waals surface area contributed by atoms with Crippen molar-refractivity contribution >= 4 is 5.69 Å². The Labute approximate surface area is 153 Å². The molecule has 1 unspecified atom stereocenters. The molecule has 2 aromatic rings. The van der Waals surface area contributed by atoms with Crippen LogP contribution in [0.3, 0.4) is 0 Å². The van der Waals surface area contributed by atoms with Gasteiger partial charge in [-0.25, -0.2) is 0 Å². The van der Waals surface area contributed by atoms with Crippen LogP contribution >= 0.6 is 0 Å². The van der Waals surface area contributed by atoms with Crippen LogP contribution in [0.4, 0.5) is 5.69 Å². The van der Waals surface area contributed by atoms with E-state index >= 15 is 0 Å². The maximum atomic E-state index is 5.73. The summed E-state index contributed by atoms with van der Waals surface area (Å²) in [6, 6.07) is 17.3. The molecule has 0 amide bonds. The largest absolute Gasteiger partial charge is 0.493 e. The summed E-state index contributed by atoms with van der Waals surface area (Å²) >= 11 is 0. The van der Waals surface area contributed by atoms with E-state index in [0.29, 0.717) is 17.8 Å². The van der Waals surface area contributed by atoms with Crippen molar-refractivity contribution in [3.8, 4) is 5.75 Å². The first-order chi connectivity index (χ1) is 11.9. The molecule has 0 heterocycles. The molecule has 2 rings (SSSR count). The van der Waals surface area contributed by atoms with E-state index in [2.05, 4.69) is 76.3 Å². The van der Waals surface area contributed by atoms with E-state index in [1.165, 1.54) is 11.1 Å². The fourth-order valence-electron chi connectivity index (χ4n) is 2.77. The minimum Gasteiger partial charge on any atom is -0.493 e. The normalized spacial score (nSPS) is 12.4. The zero-order valence-electron chi connectivity index (χ0n) is 16.4. The van der Waals surface area contributed by atoms with Crippen LogP contribution in [0.1, 0.15) is 51.7 Å². The first-order valence-electron chi connectivity index (χ1n) is 9.49. The average Bonchev–Trinajstić information content (AvgIpc) is 2.59. The van der Waals surface area contributed by atoms with Crippen LogP contribution in [0.25, 0.3) is 0 Å². The standard InChI is InChI=1S/C23H33NO/c1-17(2)14-20-6-8-21(9-7-20)19(5)15-24-22-10-12-23(13-11-22)25-16-18(3)4/h6-13,17-19,24H,14-16H2,1-5H3. The summed E-state index contributed by atoms with van der Waals surface area (Å²) in [6.45, 7) is 12.8. The summed E-state index contributed by atoms with van der Waals surface area (Å²) in [6.07, 6.45) is 1.15. The minimum atomic E-state index is 0.477. The van der Waals surface area contributed by atoms with Crippen molar-refractivity contribution < 1.29 is 4.74 Å². The molecule has 0 fully saturated rings. The molecule has 0 spiro atoms. The maximum Gasteiger partial charge on any atom is 0.119 e. The average molecular weight is 340 g/mol. The number of anilines is 1. The Balaban J connectivity index is 1.83. The van der Waals surface area contributed by atoms with Gasteiger partial charge >= 0.3 is 0 Å². The molecule has 1 atom stereocenters. The van der Waals surface area contributed by atoms with Gasteiger partial charge in [-0.1, -0.05) is 58.9 Å². The molecule has 2 aromatic carbocycles. The summed E-state index contributed by atoms with van der Waals surface area (Å²) in [5.41, 5.74) is 3.95. The predicted molar refractivity (Wildman–Crippen MR) is 109 cm³/mol. The van der Waals surface area contributed by atoms with Gasteiger partial charge in [0.05, 0.1) is 6.61 Å². The highest BCUT2D eigenvalue weighted by atomic mass is 16.5. The van der Waals surface area contributed by atoms with Crippen LogP contribution in [0.5, 0.6) is 5.75 Å². The molecular weight excluding hydrogens is 306 g/mol. The van der Waals surface area contributed by atoms with Gasteiger partial charge in [-0.05, 0) is 59.6 Å². The van der Waals surface area contributed by atoms with Gasteiger partial charge < -0.3 is 10.1 Å². The van der Waals surface area contributed by atoms with E-state index in [9.17, 15) is 0 Å². The Hall–Kier alpha value is -1.96. The van der Waals surface area contributed by atoms with E-state index in [1.807, 2.05) is 12.1 Å². The Morgan fingerprint density at radius 3 is 2.00 bits per heavy atom. The molecule has 2 nitrogen and oxygen atoms in total. The second-order valence-corrected chi connectivity index (χ2v) is 7.85. The third-order valence-corrected chi connectivity index (χ3v) is 4.24. The van der Waals surface area contributed by atoms with Gasteiger partial charge in [0.15, 0.2) is 0 Å². The number of rotatable bonds is 9. The third kappa shape index (κ3) is 6.81. The van der Waals surface area contributed by atoms with Crippen LogP contribution in [0.15, 0.2) is 48.5 Å². The molecule has 0 aromatic heterocycles. The van der Waals surface area contributed by atoms with Gasteiger partial charge in [0, 0.05) is 12.2 Å². The highest BCUT2D eigenvalue weighted by Gasteiger charge is 2.06. The summed E-state index contributed by atoms with van der Waals surface area (Å²) in [5.74, 6) is 2.67. The fourth-order valence-corrected chi connectivity index (χ4v) is 2.77. The summed E-state index contributed by atoms with van der Waals surface area (Å²) in [5, 5.41) is 3.53. The molecule has 1 N–H and O–H groups in total. The first-order valence-corrected chi connectivity index (χ1v) is 9.49. The van der Waals surface area contributed by atoms with Crippen LogP contribution in [-0.4, -0.2) is 13.2 Å². The number of hydrogen-bond acceptors (Lipinski definition) is 2. The molecule has 2 heteroatoms. The number of nitrogens with one attached hydrogen (secondary N) is 1. The van der Waals surface area contributed by atoms with Crippen LogP contribution < -0.4 is 10.1 Å². The molecule has 0 radical (unpaired) electrons. The Morgan fingerprint density at radius 2 is 1.44 bits per heavy atom. The highest BCUT2D eigenvalue weighted by Crippen LogP contribution is 2.20. The topological polar surface area (TPSA) is 21.3 Å². The smallest absolute Gasteiger partial charge is 0.119 e. The summed E-state index contributed by atoms with van der Waals surface area (Å²) in [4.78, 5) is 0. The Bertz CT molecular complexity index is 614. The minimum absolute atomic E-state index is 0.477. The highest BCUT2D eigenvalue weighted by molar-refractivity contribution is 5.46. The lowest BCUT2D eigenvalue weighted by molar-refractivity contribution is 0.271. The van der Waals surface area contributed by atoms with Crippen molar-refractivity contribution in [1.29, 1.82) is 0 Å². The maximum absolute atomic E-state index is 5.73. The van der Waals surface area contributed by atoms with Gasteiger partial charge in [0.25, 0.3) is 0 Å². The SMILES string of the molecule is CC(C)COc1ccc(NCC(C)c2ccc(CC(C)C)cc2)cc1. The predicted octanol–water partition coefficient (Wildman–Crippen LogP) is 6.14. The lowest BCUT2D eigenvalue weighted by atomic mass is 9.97. The molecule has 136 valence electrons. The number of ether oxygens (including phenoxy) is 1. The van der Waals surface area contributed by atoms with Crippen molar-refractivity contribution in [3.63, 3.8) is 0 Å². The van der Waals surface area contributed by atoms with Crippen molar-refractivity contribution in [3.05, 3.63) is 59.7 Å². The van der Waals surface area contributed by atoms with E-state index < -0.39 is 0 Å². The molecule has 0 saturated heterocycles. The third-order valence-electron chi connectivity index (χ3n) is 4.24. The van der Waals surface area contributed by atoms with Gasteiger partial charge in [-0.2, -0.15) is 0 Å². The van der Waals surface area contributed by atoms with Crippen molar-refractivity contribution in [2.45, 2.75) is 47.0 Å². The van der Waals surface area contributed by atoms with Crippen molar-refractivity contribution in [2.75, 3.05) is 18.5 Å². The molecule has 0 aliphatic heterocycles. The molecular formula is C23H33NO. The Morgan fingerprint density at radius 1 is 0.800 bits per heavy atom. The summed E-state index contributed by atoms with van der Waals surface area (Å²) in [7, 11) is 0. The van der Waals surface area contributed by atoms with Crippen molar-refractivity contribution in [1.82, 2.24) is 0 Å². The van der Waals surface area contributed by atoms with Gasteiger partial charge in [0.1, 0.15) is 5.75 Å². The first kappa shape index (κ1) is 19.4. The second kappa shape index (κ2) is 9.50. The zero-order chi connectivity index (χ0) is 18.2. The van der Waals surface area contributed by atoms with Gasteiger partial charge in [-0.15, -0.1) is 0 Å². The number of hydrogen-bond donors (Lipinski definition) is 1. The molecule has 25 heavy (non-hydrogen) atoms. The van der Waals surface area contributed by atoms with Crippen LogP contribution in [0.2, 0.25) is 0 Å². The fraction of sp³-hybridized carbons (Fsp3) is 0.478. The zero-order valence-corrected chi connectivity index (χ0v) is 16.4. The van der Waals surface area contributed by atoms with E-state index in [-0.39, 0.29) is 0 Å². The molecule has 0 aliphatic carbocycles. The quantitative estimate of drug-likeness (QED) is 0.593. The lowest BCUT2D eigenvalue weighted by Crippen LogP contribution is -2.10. The van der Waals surface area contributed by atoms with Crippen LogP contribution in [0, 0.1) is 11.8 Å². The van der Waals surface area contributed by atoms with E-state index in [4.69, 9.17) is 4.74 Å². The van der Waals surface area contributed by atoms with Crippen LogP contribution in [-0.2, 0) is 6.42 Å².